The summed E-state index contributed by atoms with van der Waals surface area (Å²) < 4.78 is 7.27. The van der Waals surface area contributed by atoms with E-state index in [1.54, 1.807) is 141 Å². The maximum atomic E-state index is 12.4. The quantitative estimate of drug-likeness (QED) is 0.0292. The van der Waals surface area contributed by atoms with Crippen molar-refractivity contribution in [2.75, 3.05) is 85.6 Å². The lowest BCUT2D eigenvalue weighted by Gasteiger charge is -2.31. The van der Waals surface area contributed by atoms with E-state index in [1.807, 2.05) is 148 Å². The Kier molecular flexibility index (Phi) is 33.7. The molecule has 36 nitrogen and oxygen atoms in total. The number of imidazole rings is 4. The van der Waals surface area contributed by atoms with Crippen LogP contribution in [-0.2, 0) is 26.2 Å². The van der Waals surface area contributed by atoms with Gasteiger partial charge >= 0.3 is 0 Å². The van der Waals surface area contributed by atoms with E-state index in [0.717, 1.165) is 220 Å². The molecule has 4 aliphatic rings. The standard InChI is InChI=1S/C30H28N8OS.C26H24N8OS.C25H26N8OS.C24H24N8OS/c31-11-1-4-21-7-9-22(10-8-21)24-15-32-30(33-16-24)38-19-25(34-20-38)18-37-12-2-5-23(17-37)29-35-26(14-28(39)36-29)27-6-3-13-40-27;27-9-3-1-2-6-19-13-28-26(29-14-19)34-17-21(30-18-34)16-33-10-4-7-20(15-33)25-31-22(12-24(35)32-25)23-8-5-11-36-23;1-26-8-2-5-18-12-27-25(28-13-18)33-16-20(29-17-33)15-32-9-3-6-19(14-32)24-30-21(11-23(34)31-24)22-7-4-10-35-22;25-7-1-4-17-11-26-24(27-12-17)32-15-19(28-16-32)14-31-8-2-5-18(13-31)23-29-20(10-22(33)30-23)21-6-3-9-34-21/h3,6-10,13-16,19-20,23H,2,5,11-12,17-18,31H2,(H,35,36,39);5,8,11-14,17-18,20H,4,7,9-10,15-16,27H2,(H,31,32,35);4,7,10-13,16-17,19,26H,3,6,8-9,14-15H2,1H3,(H,30,31,34);3,6,9-12,15-16,18H,2,5,7-8,13-14,25H2,(H,29,30,33)/t;;;18-/m...0/s1. The van der Waals surface area contributed by atoms with Gasteiger partial charge in [-0.25, -0.2) is 79.7 Å². The zero-order valence-corrected chi connectivity index (χ0v) is 82.6. The maximum absolute atomic E-state index is 12.4. The molecule has 20 heterocycles. The van der Waals surface area contributed by atoms with Crippen LogP contribution in [0.3, 0.4) is 0 Å². The van der Waals surface area contributed by atoms with Gasteiger partial charge in [0, 0.05) is 186 Å². The van der Waals surface area contributed by atoms with E-state index in [0.29, 0.717) is 75.2 Å². The summed E-state index contributed by atoms with van der Waals surface area (Å²) in [6.45, 7) is 11.5. The average molecular weight is 2000 g/mol. The molecule has 21 rings (SSSR count). The van der Waals surface area contributed by atoms with E-state index in [9.17, 15) is 19.2 Å². The molecule has 4 aliphatic heterocycles. The highest BCUT2D eigenvalue weighted by Crippen LogP contribution is 2.34. The third-order valence-corrected chi connectivity index (χ3v) is 27.7. The second-order valence-electron chi connectivity index (χ2n) is 34.6. The Morgan fingerprint density at radius 3 is 0.938 bits per heavy atom. The number of H-pyrrole nitrogens is 4. The minimum Gasteiger partial charge on any atom is -0.320 e. The van der Waals surface area contributed by atoms with E-state index in [1.165, 1.54) is 0 Å². The number of rotatable bonds is 22. The van der Waals surface area contributed by atoms with Crippen LogP contribution in [0.1, 0.15) is 143 Å². The van der Waals surface area contributed by atoms with Crippen molar-refractivity contribution in [3.63, 3.8) is 0 Å². The molecule has 4 fully saturated rings. The predicted octanol–water partition coefficient (Wildman–Crippen LogP) is 10.6. The number of benzene rings is 1. The Bertz CT molecular complexity index is 7770. The van der Waals surface area contributed by atoms with Crippen molar-refractivity contribution >= 4 is 45.3 Å². The van der Waals surface area contributed by atoms with Crippen LogP contribution in [0.25, 0.3) is 77.2 Å². The highest BCUT2D eigenvalue weighted by molar-refractivity contribution is 7.14. The van der Waals surface area contributed by atoms with Gasteiger partial charge in [0.2, 0.25) is 23.8 Å². The molecule has 0 saturated carbocycles. The van der Waals surface area contributed by atoms with Gasteiger partial charge in [0.05, 0.1) is 108 Å². The number of thiophene rings is 4. The molecule has 0 amide bonds. The van der Waals surface area contributed by atoms with Crippen molar-refractivity contribution in [3.05, 3.63) is 328 Å². The lowest BCUT2D eigenvalue weighted by atomic mass is 9.97. The van der Waals surface area contributed by atoms with Gasteiger partial charge in [-0.3, -0.25) is 57.0 Å². The fourth-order valence-corrected chi connectivity index (χ4v) is 20.1. The van der Waals surface area contributed by atoms with Crippen LogP contribution in [0.15, 0.2) is 237 Å². The first-order valence-corrected chi connectivity index (χ1v) is 50.9. The number of aromatic nitrogens is 24. The number of hydrogen-bond acceptors (Lipinski definition) is 32. The minimum atomic E-state index is -0.111. The van der Waals surface area contributed by atoms with Crippen molar-refractivity contribution in [2.45, 2.75) is 101 Å². The van der Waals surface area contributed by atoms with Gasteiger partial charge in [-0.1, -0.05) is 77.8 Å². The Balaban J connectivity index is 0.000000127. The zero-order chi connectivity index (χ0) is 99.4. The molecule has 4 atom stereocenters. The van der Waals surface area contributed by atoms with Crippen LogP contribution in [0, 0.1) is 59.2 Å². The fourth-order valence-electron chi connectivity index (χ4n) is 17.4. The summed E-state index contributed by atoms with van der Waals surface area (Å²) in [7, 11) is 1.86. The van der Waals surface area contributed by atoms with Gasteiger partial charge in [-0.05, 0) is 166 Å². The summed E-state index contributed by atoms with van der Waals surface area (Å²) in [4.78, 5) is 147. The molecule has 3 unspecified atom stereocenters. The second-order valence-corrected chi connectivity index (χ2v) is 38.4. The summed E-state index contributed by atoms with van der Waals surface area (Å²) in [6.07, 6.45) is 36.6. The highest BCUT2D eigenvalue weighted by atomic mass is 32.1. The van der Waals surface area contributed by atoms with Crippen molar-refractivity contribution in [2.24, 2.45) is 17.2 Å². The minimum absolute atomic E-state index is 0.103. The van der Waals surface area contributed by atoms with Crippen LogP contribution in [-0.4, -0.2) is 223 Å². The summed E-state index contributed by atoms with van der Waals surface area (Å²) in [5, 5.41) is 11.0. The molecular formula is C105H102N32O4S4. The van der Waals surface area contributed by atoms with Crippen LogP contribution < -0.4 is 44.8 Å². The number of hydrogen-bond donors (Lipinski definition) is 8. The van der Waals surface area contributed by atoms with E-state index in [4.69, 9.17) is 37.1 Å². The number of nitrogens with one attached hydrogen (secondary N) is 5. The Hall–Kier alpha value is -15.8. The molecule has 16 aromatic heterocycles. The van der Waals surface area contributed by atoms with Crippen LogP contribution in [0.5, 0.6) is 0 Å². The molecule has 0 aliphatic carbocycles. The molecule has 40 heteroatoms. The molecule has 4 saturated heterocycles. The van der Waals surface area contributed by atoms with Crippen LogP contribution in [0.2, 0.25) is 0 Å². The third kappa shape index (κ3) is 27.3. The lowest BCUT2D eigenvalue weighted by molar-refractivity contribution is 0.194. The number of nitrogens with zero attached hydrogens (tertiary/aromatic N) is 24. The smallest absolute Gasteiger partial charge is 0.251 e. The predicted molar refractivity (Wildman–Crippen MR) is 560 cm³/mol. The summed E-state index contributed by atoms with van der Waals surface area (Å²) in [5.41, 5.74) is 27.5. The molecule has 0 spiro atoms. The number of nitrogens with two attached hydrogens (primary N) is 3. The molecule has 730 valence electrons. The van der Waals surface area contributed by atoms with Gasteiger partial charge < -0.3 is 42.5 Å². The number of aromatic amines is 4. The van der Waals surface area contributed by atoms with E-state index in [-0.39, 0.29) is 52.5 Å². The first-order valence-electron chi connectivity index (χ1n) is 47.4. The molecular weight excluding hydrogens is 1900 g/mol. The first-order chi connectivity index (χ1) is 71.2. The maximum Gasteiger partial charge on any atom is 0.251 e. The largest absolute Gasteiger partial charge is 0.320 e. The SMILES string of the molecule is CNCC#Cc1cnc(-n2cnc(CN3CCCC(c4nc(-c5cccs5)cc(=O)[nH]4)C3)c2)nc1.NCC#CC#Cc1cnc(-n2cnc(CN3CCCC(c4nc(-c5cccs5)cc(=O)[nH]4)C3)c2)nc1.NCC#Cc1ccc(-c2cnc(-n3cnc(CN4CCCC(c5nc(-c6cccs6)cc(=O)[nH]5)C4)c3)nc2)cc1.NCC#Cc1cnc(-n2cnc(CN3CCC[C@H](c4nc(-c5cccs5)cc(=O)[nH]4)C3)c2)nc1. The Labute approximate surface area is 850 Å². The van der Waals surface area contributed by atoms with Gasteiger partial charge in [-0.15, -0.1) is 45.3 Å². The Morgan fingerprint density at radius 2 is 0.641 bits per heavy atom. The van der Waals surface area contributed by atoms with Crippen molar-refractivity contribution in [1.29, 1.82) is 0 Å². The summed E-state index contributed by atoms with van der Waals surface area (Å²) in [6, 6.07) is 30.1. The van der Waals surface area contributed by atoms with Crippen LogP contribution >= 0.6 is 45.3 Å². The van der Waals surface area contributed by atoms with Crippen molar-refractivity contribution in [3.8, 4) is 136 Å². The third-order valence-electron chi connectivity index (χ3n) is 24.1. The van der Waals surface area contributed by atoms with Gasteiger partial charge in [0.15, 0.2) is 0 Å². The monoisotopic (exact) mass is 2000 g/mol. The van der Waals surface area contributed by atoms with Crippen LogP contribution in [0.4, 0.5) is 0 Å². The first kappa shape index (κ1) is 99.3. The molecule has 0 radical (unpaired) electrons. The average Bonchev–Trinajstić information content (AvgIpc) is 1.59. The van der Waals surface area contributed by atoms with Crippen molar-refractivity contribution < 1.29 is 0 Å². The lowest BCUT2D eigenvalue weighted by Crippen LogP contribution is -2.35. The second kappa shape index (κ2) is 49.2. The van der Waals surface area contributed by atoms with E-state index >= 15 is 0 Å². The van der Waals surface area contributed by atoms with E-state index in [2.05, 4.69) is 164 Å². The molecule has 11 N–H and O–H groups in total. The van der Waals surface area contributed by atoms with Gasteiger partial charge in [0.1, 0.15) is 48.6 Å². The zero-order valence-electron chi connectivity index (χ0n) is 79.3. The number of likely N-dealkylation sites (tertiary alicyclic amines) is 4. The molecule has 17 aromatic rings. The topological polar surface area (TPSA) is 460 Å². The highest BCUT2D eigenvalue weighted by Gasteiger charge is 2.30. The Morgan fingerprint density at radius 1 is 0.345 bits per heavy atom. The normalized spacial score (nSPS) is 15.8. The summed E-state index contributed by atoms with van der Waals surface area (Å²) in [5.74, 6) is 34.5. The fraction of sp³-hybridized carbons (Fsp3) is 0.276. The van der Waals surface area contributed by atoms with E-state index < -0.39 is 0 Å². The summed E-state index contributed by atoms with van der Waals surface area (Å²) >= 11 is 6.36. The molecule has 0 bridgehead atoms. The molecule has 1 aromatic carbocycles. The van der Waals surface area contributed by atoms with Crippen molar-refractivity contribution in [1.82, 2.24) is 143 Å². The van der Waals surface area contributed by atoms with Gasteiger partial charge in [0.25, 0.3) is 22.2 Å². The number of piperidine rings is 4. The van der Waals surface area contributed by atoms with Gasteiger partial charge in [-0.2, -0.15) is 0 Å². The molecule has 145 heavy (non-hydrogen) atoms.